The number of carbonyl (C=O) groups excluding carboxylic acids is 1. The van der Waals surface area contributed by atoms with Crippen molar-refractivity contribution >= 4 is 5.91 Å². The number of hydrogen-bond acceptors (Lipinski definition) is 4. The third-order valence-corrected chi connectivity index (χ3v) is 12.3. The van der Waals surface area contributed by atoms with Gasteiger partial charge in [0.25, 0.3) is 0 Å². The van der Waals surface area contributed by atoms with Crippen molar-refractivity contribution in [3.05, 3.63) is 36.5 Å². The van der Waals surface area contributed by atoms with Crippen molar-refractivity contribution < 1.29 is 20.1 Å². The van der Waals surface area contributed by atoms with Crippen LogP contribution in [-0.4, -0.2) is 46.1 Å². The van der Waals surface area contributed by atoms with Crippen LogP contribution in [0.4, 0.5) is 0 Å². The zero-order chi connectivity index (χ0) is 43.0. The minimum atomic E-state index is -1.11. The van der Waals surface area contributed by atoms with E-state index in [1.807, 2.05) is 13.0 Å². The van der Waals surface area contributed by atoms with Gasteiger partial charge in [-0.1, -0.05) is 275 Å². The molecule has 0 radical (unpaired) electrons. The smallest absolute Gasteiger partial charge is 0.249 e. The van der Waals surface area contributed by atoms with E-state index in [1.165, 1.54) is 212 Å². The van der Waals surface area contributed by atoms with Gasteiger partial charge in [0.15, 0.2) is 0 Å². The maximum absolute atomic E-state index is 12.4. The summed E-state index contributed by atoms with van der Waals surface area (Å²) in [5.74, 6) is -0.517. The zero-order valence-electron chi connectivity index (χ0n) is 39.6. The molecule has 4 N–H and O–H groups in total. The van der Waals surface area contributed by atoms with Crippen LogP contribution in [0.1, 0.15) is 277 Å². The van der Waals surface area contributed by atoms with Gasteiger partial charge in [0, 0.05) is 0 Å². The van der Waals surface area contributed by atoms with E-state index in [0.29, 0.717) is 6.42 Å². The molecule has 3 atom stereocenters. The Hall–Kier alpha value is -1.43. The highest BCUT2D eigenvalue weighted by Gasteiger charge is 2.22. The van der Waals surface area contributed by atoms with Gasteiger partial charge in [0.1, 0.15) is 6.10 Å². The predicted molar refractivity (Wildman–Crippen MR) is 259 cm³/mol. The topological polar surface area (TPSA) is 89.8 Å². The van der Waals surface area contributed by atoms with Gasteiger partial charge in [0.05, 0.1) is 18.8 Å². The van der Waals surface area contributed by atoms with E-state index in [2.05, 4.69) is 36.5 Å². The number of nitrogens with one attached hydrogen (secondary N) is 1. The van der Waals surface area contributed by atoms with Crippen LogP contribution in [0.5, 0.6) is 0 Å². The molecule has 348 valence electrons. The van der Waals surface area contributed by atoms with Crippen molar-refractivity contribution in [2.75, 3.05) is 6.61 Å². The maximum Gasteiger partial charge on any atom is 0.249 e. The average Bonchev–Trinajstić information content (AvgIpc) is 3.24. The van der Waals surface area contributed by atoms with Crippen molar-refractivity contribution in [1.29, 1.82) is 0 Å². The van der Waals surface area contributed by atoms with Gasteiger partial charge in [0.2, 0.25) is 5.91 Å². The molecule has 0 saturated carbocycles. The van der Waals surface area contributed by atoms with E-state index in [4.69, 9.17) is 0 Å². The first-order valence-electron chi connectivity index (χ1n) is 26.3. The van der Waals surface area contributed by atoms with Gasteiger partial charge in [-0.2, -0.15) is 0 Å². The molecule has 0 spiro atoms. The lowest BCUT2D eigenvalue weighted by Gasteiger charge is -2.21. The Kier molecular flexibility index (Phi) is 48.0. The fourth-order valence-corrected chi connectivity index (χ4v) is 8.23. The molecule has 5 heteroatoms. The van der Waals surface area contributed by atoms with Crippen LogP contribution in [0.15, 0.2) is 36.5 Å². The summed E-state index contributed by atoms with van der Waals surface area (Å²) in [6, 6.07) is -0.817. The summed E-state index contributed by atoms with van der Waals surface area (Å²) in [5, 5.41) is 33.0. The molecule has 0 aliphatic carbocycles. The Morgan fingerprint density at radius 1 is 0.441 bits per heavy atom. The number of rotatable bonds is 48. The van der Waals surface area contributed by atoms with Gasteiger partial charge < -0.3 is 20.6 Å². The van der Waals surface area contributed by atoms with E-state index in [-0.39, 0.29) is 6.61 Å². The molecular formula is C54H103NO4. The Labute approximate surface area is 368 Å². The van der Waals surface area contributed by atoms with Gasteiger partial charge >= 0.3 is 0 Å². The lowest BCUT2D eigenvalue weighted by atomic mass is 10.0. The molecule has 1 amide bonds. The van der Waals surface area contributed by atoms with Crippen molar-refractivity contribution in [2.45, 2.75) is 295 Å². The standard InChI is InChI=1S/C54H103NO4/c1-3-5-7-9-11-13-14-15-16-17-18-19-20-21-22-23-24-25-26-27-28-29-30-31-32-33-34-35-36-37-38-39-41-43-45-47-49-53(58)54(59)55-51(50-56)52(57)48-46-44-42-40-12-10-8-6-4-2/h4,6,12,40,46,48,51-53,56-58H,3,5,7-11,13-39,41-45,47,49-50H2,1-2H3,(H,55,59)/b6-4+,40-12+,48-46+. The molecule has 5 nitrogen and oxygen atoms in total. The summed E-state index contributed by atoms with van der Waals surface area (Å²) >= 11 is 0. The fraction of sp³-hybridized carbons (Fsp3) is 0.870. The second-order valence-electron chi connectivity index (χ2n) is 18.1. The normalized spacial score (nSPS) is 13.6. The number of amides is 1. The van der Waals surface area contributed by atoms with Crippen LogP contribution in [0.3, 0.4) is 0 Å². The molecule has 3 unspecified atom stereocenters. The third-order valence-electron chi connectivity index (χ3n) is 12.3. The van der Waals surface area contributed by atoms with Crippen molar-refractivity contribution in [3.8, 4) is 0 Å². The molecule has 0 bridgehead atoms. The van der Waals surface area contributed by atoms with Crippen molar-refractivity contribution in [1.82, 2.24) is 5.32 Å². The van der Waals surface area contributed by atoms with Gasteiger partial charge in [-0.25, -0.2) is 0 Å². The summed E-state index contributed by atoms with van der Waals surface area (Å²) < 4.78 is 0. The molecule has 0 heterocycles. The van der Waals surface area contributed by atoms with E-state index in [9.17, 15) is 20.1 Å². The first kappa shape index (κ1) is 57.6. The SMILES string of the molecule is C/C=C/CC/C=C/CC/C=C/C(O)C(CO)NC(=O)C(O)CCCCCCCCCCCCCCCCCCCCCCCCCCCCCCCCCCCCCC. The number of carbonyl (C=O) groups is 1. The van der Waals surface area contributed by atoms with Crippen LogP contribution in [-0.2, 0) is 4.79 Å². The summed E-state index contributed by atoms with van der Waals surface area (Å²) in [6.45, 7) is 3.95. The molecule has 0 aliphatic heterocycles. The molecule has 0 aromatic carbocycles. The number of aliphatic hydroxyl groups excluding tert-OH is 3. The molecule has 0 rings (SSSR count). The van der Waals surface area contributed by atoms with Crippen LogP contribution in [0.25, 0.3) is 0 Å². The van der Waals surface area contributed by atoms with Gasteiger partial charge in [-0.05, 0) is 39.0 Å². The maximum atomic E-state index is 12.4. The summed E-state index contributed by atoms with van der Waals surface area (Å²) in [5.41, 5.74) is 0. The molecular weight excluding hydrogens is 727 g/mol. The largest absolute Gasteiger partial charge is 0.394 e. The average molecular weight is 830 g/mol. The molecule has 59 heavy (non-hydrogen) atoms. The van der Waals surface area contributed by atoms with Crippen LogP contribution in [0, 0.1) is 0 Å². The lowest BCUT2D eigenvalue weighted by molar-refractivity contribution is -0.131. The highest BCUT2D eigenvalue weighted by molar-refractivity contribution is 5.80. The summed E-state index contributed by atoms with van der Waals surface area (Å²) in [4.78, 5) is 12.4. The Balaban J connectivity index is 3.40. The van der Waals surface area contributed by atoms with Crippen LogP contribution >= 0.6 is 0 Å². The highest BCUT2D eigenvalue weighted by atomic mass is 16.3. The Bertz CT molecular complexity index is 916. The van der Waals surface area contributed by atoms with Crippen molar-refractivity contribution in [2.24, 2.45) is 0 Å². The van der Waals surface area contributed by atoms with E-state index in [1.54, 1.807) is 6.08 Å². The van der Waals surface area contributed by atoms with Crippen LogP contribution < -0.4 is 5.32 Å². The number of aliphatic hydroxyl groups is 3. The van der Waals surface area contributed by atoms with Crippen molar-refractivity contribution in [3.63, 3.8) is 0 Å². The lowest BCUT2D eigenvalue weighted by Crippen LogP contribution is -2.48. The summed E-state index contributed by atoms with van der Waals surface area (Å²) in [7, 11) is 0. The molecule has 0 saturated heterocycles. The monoisotopic (exact) mass is 830 g/mol. The fourth-order valence-electron chi connectivity index (χ4n) is 8.23. The van der Waals surface area contributed by atoms with E-state index >= 15 is 0 Å². The molecule has 0 fully saturated rings. The predicted octanol–water partition coefficient (Wildman–Crippen LogP) is 15.9. The first-order chi connectivity index (χ1) is 29.1. The van der Waals surface area contributed by atoms with E-state index < -0.39 is 24.2 Å². The van der Waals surface area contributed by atoms with E-state index in [0.717, 1.165) is 44.9 Å². The Morgan fingerprint density at radius 3 is 1.03 bits per heavy atom. The minimum Gasteiger partial charge on any atom is -0.394 e. The number of unbranched alkanes of at least 4 members (excludes halogenated alkanes) is 37. The second-order valence-corrected chi connectivity index (χ2v) is 18.1. The number of hydrogen-bond donors (Lipinski definition) is 4. The number of allylic oxidation sites excluding steroid dienone is 5. The van der Waals surface area contributed by atoms with Gasteiger partial charge in [-0.3, -0.25) is 4.79 Å². The summed E-state index contributed by atoms with van der Waals surface area (Å²) in [6.07, 6.45) is 64.1. The molecule has 0 aliphatic rings. The zero-order valence-corrected chi connectivity index (χ0v) is 39.6. The highest BCUT2D eigenvalue weighted by Crippen LogP contribution is 2.18. The van der Waals surface area contributed by atoms with Crippen LogP contribution in [0.2, 0.25) is 0 Å². The third kappa shape index (κ3) is 44.4. The Morgan fingerprint density at radius 2 is 0.729 bits per heavy atom. The quantitative estimate of drug-likeness (QED) is 0.0363. The second kappa shape index (κ2) is 49.2. The molecule has 0 aromatic rings. The van der Waals surface area contributed by atoms with Gasteiger partial charge in [-0.15, -0.1) is 0 Å². The first-order valence-corrected chi connectivity index (χ1v) is 26.3. The minimum absolute atomic E-state index is 0.380. The molecule has 0 aromatic heterocycles.